The fraction of sp³-hybridized carbons (Fsp3) is 0.500. The van der Waals surface area contributed by atoms with Crippen molar-refractivity contribution in [3.05, 3.63) is 59.9 Å². The van der Waals surface area contributed by atoms with E-state index in [0.717, 1.165) is 5.56 Å². The van der Waals surface area contributed by atoms with E-state index in [4.69, 9.17) is 14.6 Å². The molecule has 2 aliphatic heterocycles. The molecule has 0 unspecified atom stereocenters. The average Bonchev–Trinajstić information content (AvgIpc) is 3.02. The SMILES string of the molecule is CC(C)[C@@H]1N(C(=O)[C@@H](Cc2ccccc2)[C@@H]2OC(=CCCCO)C=CC2=O)C(=O)OC1(C)C. The lowest BCUT2D eigenvalue weighted by atomic mass is 9.85. The third-order valence-corrected chi connectivity index (χ3v) is 6.05. The smallest absolute Gasteiger partial charge is 0.417 e. The van der Waals surface area contributed by atoms with Crippen LogP contribution in [0, 0.1) is 11.8 Å². The minimum atomic E-state index is -1.06. The van der Waals surface area contributed by atoms with Gasteiger partial charge in [-0.3, -0.25) is 9.59 Å². The molecule has 33 heavy (non-hydrogen) atoms. The molecule has 0 radical (unpaired) electrons. The van der Waals surface area contributed by atoms with Gasteiger partial charge in [0.15, 0.2) is 11.9 Å². The number of amides is 2. The molecule has 3 atom stereocenters. The van der Waals surface area contributed by atoms with Gasteiger partial charge in [0.25, 0.3) is 0 Å². The number of imide groups is 1. The van der Waals surface area contributed by atoms with Gasteiger partial charge in [0.05, 0.1) is 12.0 Å². The average molecular weight is 456 g/mol. The van der Waals surface area contributed by atoms with Crippen molar-refractivity contribution in [3.63, 3.8) is 0 Å². The van der Waals surface area contributed by atoms with Crippen molar-refractivity contribution in [1.29, 1.82) is 0 Å². The molecule has 1 aromatic rings. The molecular formula is C26H33NO6. The molecule has 178 valence electrons. The second-order valence-corrected chi connectivity index (χ2v) is 9.41. The molecule has 0 aromatic heterocycles. The number of benzene rings is 1. The van der Waals surface area contributed by atoms with E-state index in [0.29, 0.717) is 18.6 Å². The number of unbranched alkanes of at least 4 members (excludes halogenated alkanes) is 1. The molecule has 7 heteroatoms. The Morgan fingerprint density at radius 3 is 2.52 bits per heavy atom. The summed E-state index contributed by atoms with van der Waals surface area (Å²) >= 11 is 0. The molecule has 3 rings (SSSR count). The van der Waals surface area contributed by atoms with E-state index in [1.165, 1.54) is 11.0 Å². The minimum Gasteiger partial charge on any atom is -0.482 e. The van der Waals surface area contributed by atoms with Crippen LogP contribution in [0.5, 0.6) is 0 Å². The molecule has 0 bridgehead atoms. The van der Waals surface area contributed by atoms with Crippen molar-refractivity contribution in [3.8, 4) is 0 Å². The number of ether oxygens (including phenoxy) is 2. The largest absolute Gasteiger partial charge is 0.482 e. The Kier molecular flexibility index (Phi) is 7.74. The first-order valence-corrected chi connectivity index (χ1v) is 11.4. The van der Waals surface area contributed by atoms with Crippen LogP contribution >= 0.6 is 0 Å². The lowest BCUT2D eigenvalue weighted by Crippen LogP contribution is -2.53. The summed E-state index contributed by atoms with van der Waals surface area (Å²) in [6.07, 6.45) is 4.41. The molecule has 1 aromatic carbocycles. The summed E-state index contributed by atoms with van der Waals surface area (Å²) in [5.41, 5.74) is 0.0192. The molecule has 0 aliphatic carbocycles. The summed E-state index contributed by atoms with van der Waals surface area (Å²) < 4.78 is 11.5. The van der Waals surface area contributed by atoms with Gasteiger partial charge in [-0.25, -0.2) is 9.69 Å². The first-order valence-electron chi connectivity index (χ1n) is 11.4. The summed E-state index contributed by atoms with van der Waals surface area (Å²) in [4.78, 5) is 40.8. The second kappa shape index (κ2) is 10.3. The third kappa shape index (κ3) is 5.53. The van der Waals surface area contributed by atoms with Crippen LogP contribution in [0.25, 0.3) is 0 Å². The van der Waals surface area contributed by atoms with E-state index in [1.807, 2.05) is 44.2 Å². The monoisotopic (exact) mass is 455 g/mol. The quantitative estimate of drug-likeness (QED) is 0.599. The lowest BCUT2D eigenvalue weighted by molar-refractivity contribution is -0.144. The van der Waals surface area contributed by atoms with Crippen molar-refractivity contribution in [1.82, 2.24) is 4.90 Å². The van der Waals surface area contributed by atoms with Crippen LogP contribution in [0.15, 0.2) is 54.3 Å². The van der Waals surface area contributed by atoms with Gasteiger partial charge < -0.3 is 14.6 Å². The Morgan fingerprint density at radius 1 is 1.18 bits per heavy atom. The highest BCUT2D eigenvalue weighted by Crippen LogP contribution is 2.36. The van der Waals surface area contributed by atoms with Crippen molar-refractivity contribution in [2.24, 2.45) is 11.8 Å². The Bertz CT molecular complexity index is 933. The number of nitrogens with zero attached hydrogens (tertiary/aromatic N) is 1. The molecule has 7 nitrogen and oxygen atoms in total. The van der Waals surface area contributed by atoms with Crippen LogP contribution in [0.1, 0.15) is 46.1 Å². The Morgan fingerprint density at radius 2 is 1.88 bits per heavy atom. The first-order chi connectivity index (χ1) is 15.7. The fourth-order valence-electron chi connectivity index (χ4n) is 4.69. The van der Waals surface area contributed by atoms with Gasteiger partial charge in [-0.1, -0.05) is 44.2 Å². The predicted molar refractivity (Wildman–Crippen MR) is 123 cm³/mol. The van der Waals surface area contributed by atoms with Crippen LogP contribution in [0.2, 0.25) is 0 Å². The van der Waals surface area contributed by atoms with E-state index < -0.39 is 35.7 Å². The van der Waals surface area contributed by atoms with Gasteiger partial charge in [0.1, 0.15) is 11.4 Å². The molecule has 0 saturated carbocycles. The first kappa shape index (κ1) is 24.7. The number of hydrogen-bond donors (Lipinski definition) is 1. The van der Waals surface area contributed by atoms with Gasteiger partial charge in [-0.15, -0.1) is 0 Å². The molecule has 2 heterocycles. The Labute approximate surface area is 195 Å². The summed E-state index contributed by atoms with van der Waals surface area (Å²) in [6.45, 7) is 7.51. The van der Waals surface area contributed by atoms with Crippen LogP contribution in [0.4, 0.5) is 4.79 Å². The van der Waals surface area contributed by atoms with E-state index in [1.54, 1.807) is 26.0 Å². The zero-order chi connectivity index (χ0) is 24.2. The predicted octanol–water partition coefficient (Wildman–Crippen LogP) is 3.81. The van der Waals surface area contributed by atoms with Crippen molar-refractivity contribution >= 4 is 17.8 Å². The third-order valence-electron chi connectivity index (χ3n) is 6.05. The molecule has 0 spiro atoms. The van der Waals surface area contributed by atoms with E-state index in [9.17, 15) is 14.4 Å². The summed E-state index contributed by atoms with van der Waals surface area (Å²) in [5.74, 6) is -1.27. The molecule has 1 N–H and O–H groups in total. The molecule has 2 aliphatic rings. The highest BCUT2D eigenvalue weighted by atomic mass is 16.6. The number of carbonyl (C=O) groups is 3. The summed E-state index contributed by atoms with van der Waals surface area (Å²) in [5, 5.41) is 9.04. The molecule has 2 amide bonds. The number of hydrogen-bond acceptors (Lipinski definition) is 6. The number of cyclic esters (lactones) is 1. The number of carbonyl (C=O) groups excluding carboxylic acids is 3. The van der Waals surface area contributed by atoms with Crippen molar-refractivity contribution in [2.45, 2.75) is 64.7 Å². The van der Waals surface area contributed by atoms with Gasteiger partial charge in [0, 0.05) is 6.61 Å². The fourth-order valence-corrected chi connectivity index (χ4v) is 4.69. The Balaban J connectivity index is 1.97. The molecule has 1 saturated heterocycles. The van der Waals surface area contributed by atoms with Gasteiger partial charge in [-0.05, 0) is 62.8 Å². The minimum absolute atomic E-state index is 0.0374. The number of rotatable bonds is 8. The number of ketones is 1. The van der Waals surface area contributed by atoms with E-state index in [-0.39, 0.29) is 24.7 Å². The summed E-state index contributed by atoms with van der Waals surface area (Å²) in [7, 11) is 0. The highest BCUT2D eigenvalue weighted by Gasteiger charge is 2.54. The van der Waals surface area contributed by atoms with Gasteiger partial charge >= 0.3 is 6.09 Å². The maximum Gasteiger partial charge on any atom is 0.417 e. The van der Waals surface area contributed by atoms with Crippen LogP contribution in [-0.2, 0) is 25.5 Å². The zero-order valence-electron chi connectivity index (χ0n) is 19.7. The van der Waals surface area contributed by atoms with E-state index >= 15 is 0 Å². The maximum absolute atomic E-state index is 13.9. The van der Waals surface area contributed by atoms with Crippen LogP contribution in [0.3, 0.4) is 0 Å². The van der Waals surface area contributed by atoms with Crippen LogP contribution in [-0.4, -0.2) is 52.1 Å². The normalized spacial score (nSPS) is 24.2. The van der Waals surface area contributed by atoms with Gasteiger partial charge in [-0.2, -0.15) is 0 Å². The second-order valence-electron chi connectivity index (χ2n) is 9.41. The lowest BCUT2D eigenvalue weighted by Gasteiger charge is -2.35. The Hall–Kier alpha value is -2.93. The molecule has 1 fully saturated rings. The zero-order valence-corrected chi connectivity index (χ0v) is 19.7. The number of allylic oxidation sites excluding steroid dienone is 2. The number of aliphatic hydroxyl groups excluding tert-OH is 1. The van der Waals surface area contributed by atoms with Crippen molar-refractivity contribution in [2.75, 3.05) is 6.61 Å². The van der Waals surface area contributed by atoms with E-state index in [2.05, 4.69) is 0 Å². The van der Waals surface area contributed by atoms with Crippen LogP contribution < -0.4 is 0 Å². The topological polar surface area (TPSA) is 93.1 Å². The highest BCUT2D eigenvalue weighted by molar-refractivity contribution is 6.02. The summed E-state index contributed by atoms with van der Waals surface area (Å²) in [6, 6.07) is 8.91. The molecular weight excluding hydrogens is 422 g/mol. The standard InChI is InChI=1S/C26H33NO6/c1-17(2)23-26(3,4)33-25(31)27(23)24(30)20(16-18-10-6-5-7-11-18)22-21(29)14-13-19(32-22)12-8-9-15-28/h5-7,10-14,17,20,22-23,28H,8-9,15-16H2,1-4H3/t20-,22-,23-/m0/s1. The maximum atomic E-state index is 13.9. The van der Waals surface area contributed by atoms with Gasteiger partial charge in [0.2, 0.25) is 5.91 Å². The number of aliphatic hydroxyl groups is 1. The van der Waals surface area contributed by atoms with Crippen molar-refractivity contribution < 1.29 is 29.0 Å².